The first-order valence-electron chi connectivity index (χ1n) is 7.66. The molecule has 8 nitrogen and oxygen atoms in total. The minimum absolute atomic E-state index is 0.0631. The van der Waals surface area contributed by atoms with Crippen molar-refractivity contribution in [2.24, 2.45) is 10.7 Å². The van der Waals surface area contributed by atoms with E-state index in [4.69, 9.17) is 35.8 Å². The van der Waals surface area contributed by atoms with E-state index in [1.54, 1.807) is 13.8 Å². The number of aliphatic hydroxyl groups excluding tert-OH is 1. The molecule has 0 aromatic heterocycles. The molecule has 1 unspecified atom stereocenters. The van der Waals surface area contributed by atoms with E-state index in [-0.39, 0.29) is 12.8 Å². The van der Waals surface area contributed by atoms with E-state index in [9.17, 15) is 13.9 Å². The smallest absolute Gasteiger partial charge is 0.328 e. The number of aliphatic imine (C=N–C) groups is 1. The Balaban J connectivity index is 1.85. The molecule has 2 fully saturated rings. The van der Waals surface area contributed by atoms with Crippen LogP contribution < -0.4 is 5.73 Å². The molecule has 0 aromatic rings. The number of aliphatic hydroxyl groups is 1. The summed E-state index contributed by atoms with van der Waals surface area (Å²) in [6.07, 6.45) is -4.14. The number of hydrogen-bond donors (Lipinski definition) is 2. The van der Waals surface area contributed by atoms with Gasteiger partial charge in [0.1, 0.15) is 24.7 Å². The van der Waals surface area contributed by atoms with Gasteiger partial charge in [-0.3, -0.25) is 4.52 Å². The number of nitrogens with zero attached hydrogens (tertiary/aromatic N) is 2. The van der Waals surface area contributed by atoms with Crippen LogP contribution in [0.25, 0.3) is 0 Å². The van der Waals surface area contributed by atoms with Crippen molar-refractivity contribution in [3.63, 3.8) is 0 Å². The molecule has 2 saturated heterocycles. The lowest BCUT2D eigenvalue weighted by molar-refractivity contribution is -0.208. The van der Waals surface area contributed by atoms with Crippen LogP contribution in [0.3, 0.4) is 0 Å². The Morgan fingerprint density at radius 1 is 1.56 bits per heavy atom. The average molecular weight is 399 g/mol. The molecule has 3 aliphatic rings. The third-order valence-corrected chi connectivity index (χ3v) is 6.45. The van der Waals surface area contributed by atoms with Crippen LogP contribution in [0.4, 0.5) is 8.78 Å². The van der Waals surface area contributed by atoms with Crippen molar-refractivity contribution in [1.29, 1.82) is 0 Å². The third-order valence-electron chi connectivity index (χ3n) is 4.00. The normalized spacial score (nSPS) is 41.3. The van der Waals surface area contributed by atoms with Crippen molar-refractivity contribution in [2.75, 3.05) is 13.3 Å². The monoisotopic (exact) mass is 399 g/mol. The van der Waals surface area contributed by atoms with E-state index in [0.717, 1.165) is 0 Å². The summed E-state index contributed by atoms with van der Waals surface area (Å²) in [6.45, 7) is -0.282. The quantitative estimate of drug-likeness (QED) is 0.674. The van der Waals surface area contributed by atoms with Crippen LogP contribution >= 0.6 is 6.72 Å². The molecule has 3 heterocycles. The standard InChI is InChI=1S/C13H20F2N3O5PS/c1-7(2)22-24(25)20-5-13(12(14)15)10(23-24)9(19)11(21-13)18-4-3-8(16)17-6-18/h3-4,7,9-12,19H,5-6H2,1-2H3,(H2,16,17)/t9-,10-,11-,13-,24?/m1/s1. The Bertz CT molecular complexity index is 637. The molecule has 0 spiro atoms. The Labute approximate surface area is 148 Å². The van der Waals surface area contributed by atoms with Gasteiger partial charge in [0.2, 0.25) is 0 Å². The van der Waals surface area contributed by atoms with Gasteiger partial charge in [-0.15, -0.1) is 0 Å². The highest BCUT2D eigenvalue weighted by Gasteiger charge is 2.66. The Kier molecular flexibility index (Phi) is 5.20. The lowest BCUT2D eigenvalue weighted by Gasteiger charge is -2.41. The number of alkyl halides is 2. The number of hydrogen-bond acceptors (Lipinski definition) is 9. The van der Waals surface area contributed by atoms with E-state index in [2.05, 4.69) is 4.99 Å². The first-order chi connectivity index (χ1) is 11.7. The van der Waals surface area contributed by atoms with Crippen LogP contribution in [-0.2, 0) is 30.1 Å². The summed E-state index contributed by atoms with van der Waals surface area (Å²) in [4.78, 5) is 5.45. The minimum atomic E-state index is -3.26. The molecule has 0 amide bonds. The highest BCUT2D eigenvalue weighted by Crippen LogP contribution is 2.60. The van der Waals surface area contributed by atoms with E-state index >= 15 is 0 Å². The van der Waals surface area contributed by atoms with Crippen LogP contribution in [-0.4, -0.2) is 65.7 Å². The maximum absolute atomic E-state index is 13.8. The summed E-state index contributed by atoms with van der Waals surface area (Å²) in [5.74, 6) is 0.296. The molecule has 3 rings (SSSR count). The van der Waals surface area contributed by atoms with Gasteiger partial charge in [0.25, 0.3) is 6.43 Å². The van der Waals surface area contributed by atoms with E-state index in [0.29, 0.717) is 5.84 Å². The lowest BCUT2D eigenvalue weighted by atomic mass is 9.96. The number of halogens is 2. The molecule has 0 bridgehead atoms. The second-order valence-corrected chi connectivity index (χ2v) is 9.13. The zero-order valence-electron chi connectivity index (χ0n) is 13.6. The average Bonchev–Trinajstić information content (AvgIpc) is 2.81. The van der Waals surface area contributed by atoms with Crippen molar-refractivity contribution < 1.29 is 32.2 Å². The number of ether oxygens (including phenoxy) is 1. The zero-order chi connectivity index (χ0) is 18.4. The molecule has 0 aliphatic carbocycles. The van der Waals surface area contributed by atoms with Crippen molar-refractivity contribution in [3.8, 4) is 0 Å². The third kappa shape index (κ3) is 3.46. The fourth-order valence-electron chi connectivity index (χ4n) is 2.83. The molecule has 3 aliphatic heterocycles. The molecule has 0 saturated carbocycles. The summed E-state index contributed by atoms with van der Waals surface area (Å²) >= 11 is 5.22. The molecule has 5 atom stereocenters. The first-order valence-corrected chi connectivity index (χ1v) is 10.2. The van der Waals surface area contributed by atoms with Gasteiger partial charge in [-0.05, 0) is 31.7 Å². The van der Waals surface area contributed by atoms with Crippen LogP contribution in [0.15, 0.2) is 17.3 Å². The molecule has 3 N–H and O–H groups in total. The molecule has 25 heavy (non-hydrogen) atoms. The Morgan fingerprint density at radius 2 is 2.28 bits per heavy atom. The predicted molar refractivity (Wildman–Crippen MR) is 88.4 cm³/mol. The van der Waals surface area contributed by atoms with Gasteiger partial charge in [0.05, 0.1) is 12.7 Å². The second kappa shape index (κ2) is 6.80. The summed E-state index contributed by atoms with van der Waals surface area (Å²) in [7, 11) is 0. The SMILES string of the molecule is CC(C)OP1(=S)OC[C@@]2(C(F)F)O[C@@H](N3C=CC(N)=NC3)[C@H](O)[C@H]2O1. The van der Waals surface area contributed by atoms with E-state index in [1.165, 1.54) is 17.2 Å². The van der Waals surface area contributed by atoms with Gasteiger partial charge >= 0.3 is 6.72 Å². The van der Waals surface area contributed by atoms with Crippen LogP contribution in [0.2, 0.25) is 0 Å². The largest absolute Gasteiger partial charge is 0.386 e. The number of amidine groups is 1. The molecular formula is C13H20F2N3O5PS. The fraction of sp³-hybridized carbons (Fsp3) is 0.769. The van der Waals surface area contributed by atoms with Gasteiger partial charge in [0, 0.05) is 6.20 Å². The number of nitrogens with two attached hydrogens (primary N) is 1. The topological polar surface area (TPSA) is 98.8 Å². The Hall–Kier alpha value is -0.680. The molecule has 142 valence electrons. The number of rotatable bonds is 4. The van der Waals surface area contributed by atoms with Gasteiger partial charge in [-0.1, -0.05) is 0 Å². The van der Waals surface area contributed by atoms with Crippen molar-refractivity contribution in [2.45, 2.75) is 50.4 Å². The first kappa shape index (κ1) is 19.1. The lowest BCUT2D eigenvalue weighted by Crippen LogP contribution is -2.56. The van der Waals surface area contributed by atoms with Crippen molar-refractivity contribution in [1.82, 2.24) is 4.90 Å². The van der Waals surface area contributed by atoms with Gasteiger partial charge < -0.3 is 29.5 Å². The molecular weight excluding hydrogens is 379 g/mol. The van der Waals surface area contributed by atoms with Gasteiger partial charge in [0.15, 0.2) is 11.8 Å². The molecule has 0 aromatic carbocycles. The van der Waals surface area contributed by atoms with Crippen molar-refractivity contribution >= 4 is 24.4 Å². The van der Waals surface area contributed by atoms with Crippen LogP contribution in [0.1, 0.15) is 13.8 Å². The molecule has 0 radical (unpaired) electrons. The maximum Gasteiger partial charge on any atom is 0.328 e. The fourth-order valence-corrected chi connectivity index (χ4v) is 5.42. The minimum Gasteiger partial charge on any atom is -0.386 e. The van der Waals surface area contributed by atoms with Crippen molar-refractivity contribution in [3.05, 3.63) is 12.3 Å². The van der Waals surface area contributed by atoms with Crippen LogP contribution in [0.5, 0.6) is 0 Å². The highest BCUT2D eigenvalue weighted by molar-refractivity contribution is 8.07. The summed E-state index contributed by atoms with van der Waals surface area (Å²) in [6, 6.07) is 0. The maximum atomic E-state index is 13.8. The highest BCUT2D eigenvalue weighted by atomic mass is 32.5. The van der Waals surface area contributed by atoms with Gasteiger partial charge in [-0.25, -0.2) is 13.8 Å². The summed E-state index contributed by atoms with van der Waals surface area (Å²) in [5.41, 5.74) is 3.41. The zero-order valence-corrected chi connectivity index (χ0v) is 15.3. The Morgan fingerprint density at radius 3 is 2.84 bits per heavy atom. The number of fused-ring (bicyclic) bond motifs is 1. The predicted octanol–water partition coefficient (Wildman–Crippen LogP) is 0.916. The molecule has 12 heteroatoms. The summed E-state index contributed by atoms with van der Waals surface area (Å²) < 4.78 is 49.5. The van der Waals surface area contributed by atoms with Crippen LogP contribution in [0, 0.1) is 0 Å². The van der Waals surface area contributed by atoms with E-state index < -0.39 is 43.8 Å². The van der Waals surface area contributed by atoms with E-state index in [1.807, 2.05) is 0 Å². The summed E-state index contributed by atoms with van der Waals surface area (Å²) in [5, 5.41) is 10.6. The second-order valence-electron chi connectivity index (χ2n) is 6.21. The van der Waals surface area contributed by atoms with Gasteiger partial charge in [-0.2, -0.15) is 0 Å².